The molecule has 0 spiro atoms. The number of rotatable bonds is 5. The average Bonchev–Trinajstić information content (AvgIpc) is 2.41. The van der Waals surface area contributed by atoms with Gasteiger partial charge in [-0.2, -0.15) is 0 Å². The zero-order valence-corrected chi connectivity index (χ0v) is 9.87. The van der Waals surface area contributed by atoms with E-state index in [1.54, 1.807) is 18.2 Å². The number of aldehydes is 1. The molecule has 0 saturated heterocycles. The van der Waals surface area contributed by atoms with Crippen molar-refractivity contribution < 1.29 is 14.6 Å². The molecule has 1 N–H and O–H groups in total. The first-order chi connectivity index (χ1) is 8.81. The molecule has 0 atom stereocenters. The maximum atomic E-state index is 10.6. The van der Waals surface area contributed by atoms with E-state index in [2.05, 4.69) is 0 Å². The molecule has 0 aliphatic heterocycles. The summed E-state index contributed by atoms with van der Waals surface area (Å²) in [7, 11) is 0. The van der Waals surface area contributed by atoms with Crippen molar-refractivity contribution in [3.63, 3.8) is 0 Å². The van der Waals surface area contributed by atoms with Gasteiger partial charge in [-0.25, -0.2) is 0 Å². The van der Waals surface area contributed by atoms with Gasteiger partial charge in [0.15, 0.2) is 0 Å². The van der Waals surface area contributed by atoms with E-state index in [1.807, 2.05) is 30.3 Å². The second-order valence-electron chi connectivity index (χ2n) is 3.90. The van der Waals surface area contributed by atoms with Crippen LogP contribution >= 0.6 is 0 Å². The third kappa shape index (κ3) is 2.88. The summed E-state index contributed by atoms with van der Waals surface area (Å²) in [6.07, 6.45) is 0.904. The van der Waals surface area contributed by atoms with Crippen molar-refractivity contribution >= 4 is 6.29 Å². The fourth-order valence-electron chi connectivity index (χ4n) is 1.71. The number of phenolic OH excluding ortho intramolecular Hbond substituents is 1. The van der Waals surface area contributed by atoms with E-state index >= 15 is 0 Å². The molecule has 0 radical (unpaired) electrons. The second kappa shape index (κ2) is 5.87. The molecular weight excluding hydrogens is 228 g/mol. The molecule has 0 aromatic heterocycles. The Morgan fingerprint density at radius 1 is 1.06 bits per heavy atom. The van der Waals surface area contributed by atoms with Gasteiger partial charge in [-0.15, -0.1) is 0 Å². The zero-order chi connectivity index (χ0) is 12.8. The lowest BCUT2D eigenvalue weighted by Crippen LogP contribution is -1.99. The molecule has 0 bridgehead atoms. The number of benzene rings is 2. The Balaban J connectivity index is 2.14. The van der Waals surface area contributed by atoms with Crippen molar-refractivity contribution in [1.82, 2.24) is 0 Å². The van der Waals surface area contributed by atoms with Crippen LogP contribution in [0.5, 0.6) is 11.5 Å². The maximum Gasteiger partial charge on any atom is 0.127 e. The van der Waals surface area contributed by atoms with E-state index in [4.69, 9.17) is 4.74 Å². The molecule has 2 aromatic carbocycles. The standard InChI is InChI=1S/C15H14O3/c16-10-9-13-14(17)7-4-8-15(13)18-11-12-5-2-1-3-6-12/h1-8,10,17H,9,11H2. The Bertz CT molecular complexity index is 521. The lowest BCUT2D eigenvalue weighted by molar-refractivity contribution is -0.107. The third-order valence-corrected chi connectivity index (χ3v) is 2.63. The maximum absolute atomic E-state index is 10.6. The molecule has 0 saturated carbocycles. The van der Waals surface area contributed by atoms with Crippen LogP contribution in [0.15, 0.2) is 48.5 Å². The minimum atomic E-state index is 0.0904. The lowest BCUT2D eigenvalue weighted by atomic mass is 10.1. The first-order valence-corrected chi connectivity index (χ1v) is 5.72. The summed E-state index contributed by atoms with van der Waals surface area (Å²) in [6.45, 7) is 0.413. The second-order valence-corrected chi connectivity index (χ2v) is 3.90. The van der Waals surface area contributed by atoms with Crippen LogP contribution in [-0.2, 0) is 17.8 Å². The van der Waals surface area contributed by atoms with Gasteiger partial charge in [-0.1, -0.05) is 36.4 Å². The van der Waals surface area contributed by atoms with Crippen LogP contribution in [0.1, 0.15) is 11.1 Å². The minimum Gasteiger partial charge on any atom is -0.508 e. The van der Waals surface area contributed by atoms with Crippen LogP contribution in [0.2, 0.25) is 0 Å². The van der Waals surface area contributed by atoms with Crippen molar-refractivity contribution in [3.05, 3.63) is 59.7 Å². The Morgan fingerprint density at radius 2 is 1.83 bits per heavy atom. The van der Waals surface area contributed by atoms with Crippen molar-refractivity contribution in [1.29, 1.82) is 0 Å². The Labute approximate surface area is 106 Å². The van der Waals surface area contributed by atoms with Gasteiger partial charge >= 0.3 is 0 Å². The van der Waals surface area contributed by atoms with E-state index < -0.39 is 0 Å². The predicted molar refractivity (Wildman–Crippen MR) is 68.6 cm³/mol. The summed E-state index contributed by atoms with van der Waals surface area (Å²) >= 11 is 0. The van der Waals surface area contributed by atoms with Gasteiger partial charge in [0.2, 0.25) is 0 Å². The first kappa shape index (κ1) is 12.2. The fraction of sp³-hybridized carbons (Fsp3) is 0.133. The number of carbonyl (C=O) groups is 1. The summed E-state index contributed by atoms with van der Waals surface area (Å²) in [5.41, 5.74) is 1.57. The SMILES string of the molecule is O=CCc1c(O)cccc1OCc1ccccc1. The highest BCUT2D eigenvalue weighted by Crippen LogP contribution is 2.28. The zero-order valence-electron chi connectivity index (χ0n) is 9.87. The number of ether oxygens (including phenoxy) is 1. The summed E-state index contributed by atoms with van der Waals surface area (Å²) in [6, 6.07) is 14.7. The highest BCUT2D eigenvalue weighted by Gasteiger charge is 2.08. The van der Waals surface area contributed by atoms with Crippen LogP contribution in [0.25, 0.3) is 0 Å². The molecule has 0 fully saturated rings. The molecular formula is C15H14O3. The molecule has 0 aliphatic rings. The molecule has 0 amide bonds. The first-order valence-electron chi connectivity index (χ1n) is 5.72. The van der Waals surface area contributed by atoms with E-state index in [0.717, 1.165) is 11.8 Å². The summed E-state index contributed by atoms with van der Waals surface area (Å²) in [5.74, 6) is 0.638. The van der Waals surface area contributed by atoms with Crippen molar-refractivity contribution in [3.8, 4) is 11.5 Å². The van der Waals surface area contributed by atoms with Crippen LogP contribution < -0.4 is 4.74 Å². The minimum absolute atomic E-state index is 0.0904. The van der Waals surface area contributed by atoms with E-state index in [0.29, 0.717) is 17.9 Å². The number of phenols is 1. The fourth-order valence-corrected chi connectivity index (χ4v) is 1.71. The molecule has 0 heterocycles. The van der Waals surface area contributed by atoms with Gasteiger partial charge in [-0.05, 0) is 17.7 Å². The summed E-state index contributed by atoms with van der Waals surface area (Å²) in [4.78, 5) is 10.6. The van der Waals surface area contributed by atoms with Crippen LogP contribution in [0, 0.1) is 0 Å². The molecule has 2 aromatic rings. The number of carbonyl (C=O) groups excluding carboxylic acids is 1. The number of hydrogen-bond acceptors (Lipinski definition) is 3. The van der Waals surface area contributed by atoms with Gasteiger partial charge < -0.3 is 14.6 Å². The van der Waals surface area contributed by atoms with Crippen molar-refractivity contribution in [2.24, 2.45) is 0 Å². The Morgan fingerprint density at radius 3 is 2.56 bits per heavy atom. The molecule has 2 rings (SSSR count). The van der Waals surface area contributed by atoms with Gasteiger partial charge in [0.25, 0.3) is 0 Å². The number of aromatic hydroxyl groups is 1. The van der Waals surface area contributed by atoms with Crippen molar-refractivity contribution in [2.45, 2.75) is 13.0 Å². The molecule has 0 unspecified atom stereocenters. The number of hydrogen-bond donors (Lipinski definition) is 1. The van der Waals surface area contributed by atoms with E-state index in [-0.39, 0.29) is 12.2 Å². The molecule has 3 nitrogen and oxygen atoms in total. The normalized spacial score (nSPS) is 10.0. The monoisotopic (exact) mass is 242 g/mol. The largest absolute Gasteiger partial charge is 0.508 e. The predicted octanol–water partition coefficient (Wildman–Crippen LogP) is 2.71. The lowest BCUT2D eigenvalue weighted by Gasteiger charge is -2.11. The van der Waals surface area contributed by atoms with Gasteiger partial charge in [-0.3, -0.25) is 0 Å². The Hall–Kier alpha value is -2.29. The van der Waals surface area contributed by atoms with Crippen LogP contribution in [-0.4, -0.2) is 11.4 Å². The highest BCUT2D eigenvalue weighted by atomic mass is 16.5. The smallest absolute Gasteiger partial charge is 0.127 e. The van der Waals surface area contributed by atoms with Crippen molar-refractivity contribution in [2.75, 3.05) is 0 Å². The van der Waals surface area contributed by atoms with Gasteiger partial charge in [0.05, 0.1) is 0 Å². The third-order valence-electron chi connectivity index (χ3n) is 2.63. The average molecular weight is 242 g/mol. The quantitative estimate of drug-likeness (QED) is 0.820. The van der Waals surface area contributed by atoms with Crippen LogP contribution in [0.4, 0.5) is 0 Å². The Kier molecular flexibility index (Phi) is 3.97. The molecule has 92 valence electrons. The van der Waals surface area contributed by atoms with Gasteiger partial charge in [0.1, 0.15) is 24.4 Å². The van der Waals surface area contributed by atoms with E-state index in [1.165, 1.54) is 0 Å². The van der Waals surface area contributed by atoms with E-state index in [9.17, 15) is 9.90 Å². The topological polar surface area (TPSA) is 46.5 Å². The van der Waals surface area contributed by atoms with Crippen LogP contribution in [0.3, 0.4) is 0 Å². The molecule has 3 heteroatoms. The van der Waals surface area contributed by atoms with Gasteiger partial charge in [0, 0.05) is 12.0 Å². The summed E-state index contributed by atoms with van der Waals surface area (Å²) in [5, 5.41) is 9.68. The molecule has 18 heavy (non-hydrogen) atoms. The molecule has 0 aliphatic carbocycles. The highest BCUT2D eigenvalue weighted by molar-refractivity contribution is 5.60. The summed E-state index contributed by atoms with van der Waals surface area (Å²) < 4.78 is 5.64.